The summed E-state index contributed by atoms with van der Waals surface area (Å²) in [7, 11) is 0. The molecule has 0 aliphatic carbocycles. The summed E-state index contributed by atoms with van der Waals surface area (Å²) in [5.41, 5.74) is 0. The average Bonchev–Trinajstić information content (AvgIpc) is 2.18. The van der Waals surface area contributed by atoms with E-state index in [1.165, 1.54) is 0 Å². The summed E-state index contributed by atoms with van der Waals surface area (Å²) in [5, 5.41) is 1.77. The van der Waals surface area contributed by atoms with Crippen LogP contribution in [0, 0.1) is 3.57 Å². The molecule has 0 aliphatic rings. The lowest BCUT2D eigenvalue weighted by Gasteiger charge is -2.09. The van der Waals surface area contributed by atoms with Gasteiger partial charge in [0.25, 0.3) is 0 Å². The monoisotopic (exact) mass is 317 g/mol. The van der Waals surface area contributed by atoms with Crippen molar-refractivity contribution < 1.29 is 8.76 Å². The molecule has 0 aliphatic heterocycles. The van der Waals surface area contributed by atoms with Gasteiger partial charge < -0.3 is 4.55 Å². The Morgan fingerprint density at radius 1 is 1.07 bits per heavy atom. The van der Waals surface area contributed by atoms with Crippen LogP contribution in [0.1, 0.15) is 0 Å². The van der Waals surface area contributed by atoms with Crippen LogP contribution in [0.5, 0.6) is 0 Å². The Kier molecular flexibility index (Phi) is 2.85. The average molecular weight is 317 g/mol. The zero-order valence-electron chi connectivity index (χ0n) is 7.07. The third kappa shape index (κ3) is 1.69. The zero-order chi connectivity index (χ0) is 10.1. The van der Waals surface area contributed by atoms with Crippen molar-refractivity contribution in [1.82, 2.24) is 0 Å². The van der Waals surface area contributed by atoms with E-state index in [0.717, 1.165) is 14.3 Å². The summed E-state index contributed by atoms with van der Waals surface area (Å²) in [6.07, 6.45) is 0. The van der Waals surface area contributed by atoms with Gasteiger partial charge in [0.2, 0.25) is 0 Å². The molecule has 14 heavy (non-hydrogen) atoms. The Bertz CT molecular complexity index is 510. The molecule has 0 saturated carbocycles. The predicted octanol–water partition coefficient (Wildman–Crippen LogP) is 2.68. The SMILES string of the molecule is O=S([O-])c1ccc(I)c2ccccc12. The number of hydrogen-bond donors (Lipinski definition) is 0. The van der Waals surface area contributed by atoms with Crippen LogP contribution in [0.15, 0.2) is 41.3 Å². The van der Waals surface area contributed by atoms with E-state index >= 15 is 0 Å². The van der Waals surface area contributed by atoms with Crippen molar-refractivity contribution in [2.45, 2.75) is 4.90 Å². The lowest BCUT2D eigenvalue weighted by Crippen LogP contribution is -1.91. The second-order valence-electron chi connectivity index (χ2n) is 2.83. The molecule has 0 fully saturated rings. The van der Waals surface area contributed by atoms with Gasteiger partial charge in [0.15, 0.2) is 0 Å². The molecule has 0 radical (unpaired) electrons. The molecular weight excluding hydrogens is 311 g/mol. The first-order chi connectivity index (χ1) is 6.70. The van der Waals surface area contributed by atoms with Gasteiger partial charge in [-0.3, -0.25) is 4.21 Å². The second kappa shape index (κ2) is 3.96. The highest BCUT2D eigenvalue weighted by Crippen LogP contribution is 2.25. The fourth-order valence-corrected chi connectivity index (χ4v) is 2.57. The van der Waals surface area contributed by atoms with E-state index in [-0.39, 0.29) is 0 Å². The maximum absolute atomic E-state index is 10.9. The van der Waals surface area contributed by atoms with Crippen LogP contribution in [-0.2, 0) is 11.1 Å². The van der Waals surface area contributed by atoms with Crippen LogP contribution in [-0.4, -0.2) is 8.76 Å². The van der Waals surface area contributed by atoms with Gasteiger partial charge in [-0.1, -0.05) is 24.3 Å². The molecule has 0 N–H and O–H groups in total. The summed E-state index contributed by atoms with van der Waals surface area (Å²) in [6.45, 7) is 0. The fraction of sp³-hybridized carbons (Fsp3) is 0. The molecular formula is C10H6IO2S-. The van der Waals surface area contributed by atoms with Gasteiger partial charge in [-0.25, -0.2) is 0 Å². The number of hydrogen-bond acceptors (Lipinski definition) is 2. The first-order valence-electron chi connectivity index (χ1n) is 3.96. The zero-order valence-corrected chi connectivity index (χ0v) is 10.0. The van der Waals surface area contributed by atoms with E-state index in [9.17, 15) is 8.76 Å². The Morgan fingerprint density at radius 3 is 2.36 bits per heavy atom. The van der Waals surface area contributed by atoms with E-state index in [1.54, 1.807) is 6.07 Å². The quantitative estimate of drug-likeness (QED) is 0.599. The lowest BCUT2D eigenvalue weighted by molar-refractivity contribution is 0.538. The second-order valence-corrected chi connectivity index (χ2v) is 4.90. The van der Waals surface area contributed by atoms with Crippen LogP contribution in [0.3, 0.4) is 0 Å². The van der Waals surface area contributed by atoms with Gasteiger partial charge >= 0.3 is 0 Å². The van der Waals surface area contributed by atoms with E-state index in [2.05, 4.69) is 22.6 Å². The largest absolute Gasteiger partial charge is 0.768 e. The number of fused-ring (bicyclic) bond motifs is 1. The molecule has 0 saturated heterocycles. The number of rotatable bonds is 1. The third-order valence-corrected chi connectivity index (χ3v) is 3.67. The van der Waals surface area contributed by atoms with Crippen molar-refractivity contribution in [3.8, 4) is 0 Å². The molecule has 0 spiro atoms. The van der Waals surface area contributed by atoms with Crippen molar-refractivity contribution in [1.29, 1.82) is 0 Å². The highest BCUT2D eigenvalue weighted by molar-refractivity contribution is 14.1. The van der Waals surface area contributed by atoms with Crippen molar-refractivity contribution in [2.75, 3.05) is 0 Å². The smallest absolute Gasteiger partial charge is 0.0327 e. The van der Waals surface area contributed by atoms with Gasteiger partial charge in [0.05, 0.1) is 0 Å². The molecule has 1 atom stereocenters. The summed E-state index contributed by atoms with van der Waals surface area (Å²) < 4.78 is 22.9. The molecule has 72 valence electrons. The van der Waals surface area contributed by atoms with Crippen LogP contribution in [0.4, 0.5) is 0 Å². The molecule has 2 rings (SSSR count). The standard InChI is InChI=1S/C10H7IO2S/c11-9-5-6-10(14(12)13)8-4-2-1-3-7(8)9/h1-6H,(H,12,13)/p-1. The maximum Gasteiger partial charge on any atom is 0.0327 e. The van der Waals surface area contributed by atoms with E-state index in [1.807, 2.05) is 30.3 Å². The summed E-state index contributed by atoms with van der Waals surface area (Å²) in [6, 6.07) is 10.9. The molecule has 4 heteroatoms. The van der Waals surface area contributed by atoms with E-state index in [4.69, 9.17) is 0 Å². The molecule has 2 aromatic rings. The van der Waals surface area contributed by atoms with Crippen molar-refractivity contribution >= 4 is 44.4 Å². The van der Waals surface area contributed by atoms with Crippen LogP contribution in [0.2, 0.25) is 0 Å². The van der Waals surface area contributed by atoms with Gasteiger partial charge in [-0.15, -0.1) is 0 Å². The Morgan fingerprint density at radius 2 is 1.71 bits per heavy atom. The van der Waals surface area contributed by atoms with Crippen molar-refractivity contribution in [3.05, 3.63) is 40.0 Å². The van der Waals surface area contributed by atoms with Crippen molar-refractivity contribution in [3.63, 3.8) is 0 Å². The molecule has 0 heterocycles. The van der Waals surface area contributed by atoms with Crippen LogP contribution < -0.4 is 0 Å². The van der Waals surface area contributed by atoms with Crippen LogP contribution in [0.25, 0.3) is 10.8 Å². The lowest BCUT2D eigenvalue weighted by atomic mass is 10.1. The van der Waals surface area contributed by atoms with E-state index in [0.29, 0.717) is 4.90 Å². The Balaban J connectivity index is 2.88. The fourth-order valence-electron chi connectivity index (χ4n) is 1.38. The van der Waals surface area contributed by atoms with Gasteiger partial charge in [0, 0.05) is 8.47 Å². The summed E-state index contributed by atoms with van der Waals surface area (Å²) >= 11 is 0.0321. The number of halogens is 1. The molecule has 1 unspecified atom stereocenters. The predicted molar refractivity (Wildman–Crippen MR) is 63.9 cm³/mol. The highest BCUT2D eigenvalue weighted by Gasteiger charge is 2.03. The van der Waals surface area contributed by atoms with Crippen LogP contribution >= 0.6 is 22.6 Å². The van der Waals surface area contributed by atoms with E-state index < -0.39 is 11.1 Å². The van der Waals surface area contributed by atoms with Gasteiger partial charge in [-0.2, -0.15) is 0 Å². The molecule has 0 aromatic heterocycles. The maximum atomic E-state index is 10.9. The number of benzene rings is 2. The minimum atomic E-state index is -2.17. The minimum absolute atomic E-state index is 0.362. The third-order valence-electron chi connectivity index (χ3n) is 2.01. The first kappa shape index (κ1) is 10.1. The molecule has 0 amide bonds. The topological polar surface area (TPSA) is 40.1 Å². The van der Waals surface area contributed by atoms with Gasteiger partial charge in [0.1, 0.15) is 0 Å². The highest BCUT2D eigenvalue weighted by atomic mass is 127. The Labute approximate surface area is 97.8 Å². The Hall–Kier alpha value is -0.460. The first-order valence-corrected chi connectivity index (χ1v) is 6.12. The minimum Gasteiger partial charge on any atom is -0.768 e. The van der Waals surface area contributed by atoms with Crippen molar-refractivity contribution in [2.24, 2.45) is 0 Å². The molecule has 0 bridgehead atoms. The summed E-state index contributed by atoms with van der Waals surface area (Å²) in [4.78, 5) is 0.362. The molecule has 2 aromatic carbocycles. The molecule has 2 nitrogen and oxygen atoms in total. The van der Waals surface area contributed by atoms with Gasteiger partial charge in [-0.05, 0) is 56.6 Å². The summed E-state index contributed by atoms with van der Waals surface area (Å²) in [5.74, 6) is 0. The normalized spacial score (nSPS) is 13.0.